The maximum absolute atomic E-state index is 11.6. The second-order valence-electron chi connectivity index (χ2n) is 4.67. The van der Waals surface area contributed by atoms with Gasteiger partial charge in [0.2, 0.25) is 0 Å². The van der Waals surface area contributed by atoms with Crippen LogP contribution in [0.2, 0.25) is 0 Å². The van der Waals surface area contributed by atoms with E-state index < -0.39 is 15.4 Å². The van der Waals surface area contributed by atoms with Crippen molar-refractivity contribution in [3.8, 4) is 0 Å². The Bertz CT molecular complexity index is 518. The fraction of sp³-hybridized carbons (Fsp3) is 0.500. The van der Waals surface area contributed by atoms with Gasteiger partial charge in [-0.25, -0.2) is 8.42 Å². The summed E-state index contributed by atoms with van der Waals surface area (Å²) >= 11 is 0. The third-order valence-corrected chi connectivity index (χ3v) is 4.38. The van der Waals surface area contributed by atoms with Crippen molar-refractivity contribution in [2.75, 3.05) is 24.2 Å². The molecule has 5 heteroatoms. The third-order valence-electron chi connectivity index (χ3n) is 3.23. The van der Waals surface area contributed by atoms with Gasteiger partial charge in [0, 0.05) is 19.3 Å². The van der Waals surface area contributed by atoms with Crippen LogP contribution in [-0.4, -0.2) is 38.5 Å². The number of hydrogen-bond donors (Lipinski definition) is 1. The zero-order chi connectivity index (χ0) is 12.7. The molecule has 1 aliphatic heterocycles. The van der Waals surface area contributed by atoms with E-state index in [4.69, 9.17) is 0 Å². The topological polar surface area (TPSA) is 57.6 Å². The van der Waals surface area contributed by atoms with Gasteiger partial charge in [-0.05, 0) is 18.6 Å². The zero-order valence-electron chi connectivity index (χ0n) is 10.0. The summed E-state index contributed by atoms with van der Waals surface area (Å²) in [7, 11) is -3.22. The normalized spacial score (nSPS) is 18.9. The highest BCUT2D eigenvalue weighted by molar-refractivity contribution is 7.90. The Morgan fingerprint density at radius 2 is 1.94 bits per heavy atom. The largest absolute Gasteiger partial charge is 0.386 e. The van der Waals surface area contributed by atoms with E-state index in [1.54, 1.807) is 18.2 Å². The Labute approximate surface area is 102 Å². The molecule has 0 saturated carbocycles. The molecule has 0 spiro atoms. The zero-order valence-corrected chi connectivity index (χ0v) is 10.9. The van der Waals surface area contributed by atoms with E-state index in [9.17, 15) is 13.5 Å². The van der Waals surface area contributed by atoms with Crippen molar-refractivity contribution in [1.82, 2.24) is 0 Å². The molecule has 1 aromatic rings. The van der Waals surface area contributed by atoms with Crippen LogP contribution in [0.25, 0.3) is 0 Å². The van der Waals surface area contributed by atoms with Crippen LogP contribution in [0.5, 0.6) is 0 Å². The molecule has 1 saturated heterocycles. The number of sulfone groups is 1. The second kappa shape index (κ2) is 3.99. The van der Waals surface area contributed by atoms with E-state index in [2.05, 4.69) is 0 Å². The van der Waals surface area contributed by atoms with Gasteiger partial charge in [0.15, 0.2) is 9.84 Å². The number of anilines is 1. The molecule has 0 atom stereocenters. The van der Waals surface area contributed by atoms with E-state index in [0.29, 0.717) is 30.1 Å². The number of rotatable bonds is 3. The average molecular weight is 255 g/mol. The molecule has 17 heavy (non-hydrogen) atoms. The molecule has 4 nitrogen and oxygen atoms in total. The van der Waals surface area contributed by atoms with Crippen LogP contribution >= 0.6 is 0 Å². The molecule has 1 aliphatic rings. The van der Waals surface area contributed by atoms with E-state index in [0.717, 1.165) is 0 Å². The lowest BCUT2D eigenvalue weighted by Crippen LogP contribution is -2.61. The number of nitrogens with zero attached hydrogens (tertiary/aromatic N) is 1. The third kappa shape index (κ3) is 2.30. The first-order chi connectivity index (χ1) is 7.86. The van der Waals surface area contributed by atoms with Crippen molar-refractivity contribution in [3.05, 3.63) is 24.3 Å². The number of aliphatic hydroxyl groups is 1. The minimum absolute atomic E-state index is 0.332. The van der Waals surface area contributed by atoms with Crippen molar-refractivity contribution in [3.63, 3.8) is 0 Å². The monoisotopic (exact) mass is 255 g/mol. The fourth-order valence-corrected chi connectivity index (χ4v) is 2.99. The van der Waals surface area contributed by atoms with E-state index in [-0.39, 0.29) is 0 Å². The molecule has 1 N–H and O–H groups in total. The van der Waals surface area contributed by atoms with Crippen LogP contribution in [0.1, 0.15) is 13.3 Å². The van der Waals surface area contributed by atoms with Crippen LogP contribution < -0.4 is 4.90 Å². The predicted molar refractivity (Wildman–Crippen MR) is 67.0 cm³/mol. The maximum Gasteiger partial charge on any atom is 0.177 e. The summed E-state index contributed by atoms with van der Waals surface area (Å²) in [5, 5.41) is 9.95. The molecule has 0 radical (unpaired) electrons. The van der Waals surface area contributed by atoms with Gasteiger partial charge in [-0.2, -0.15) is 0 Å². The number of hydrogen-bond acceptors (Lipinski definition) is 4. The van der Waals surface area contributed by atoms with Gasteiger partial charge in [-0.1, -0.05) is 19.1 Å². The van der Waals surface area contributed by atoms with Crippen molar-refractivity contribution < 1.29 is 13.5 Å². The lowest BCUT2D eigenvalue weighted by Gasteiger charge is -2.48. The van der Waals surface area contributed by atoms with Crippen molar-refractivity contribution in [1.29, 1.82) is 0 Å². The first-order valence-electron chi connectivity index (χ1n) is 5.62. The molecular formula is C12H17NO3S. The smallest absolute Gasteiger partial charge is 0.177 e. The second-order valence-corrected chi connectivity index (χ2v) is 6.66. The van der Waals surface area contributed by atoms with Crippen molar-refractivity contribution in [2.24, 2.45) is 0 Å². The van der Waals surface area contributed by atoms with Crippen LogP contribution in [0, 0.1) is 0 Å². The Balaban J connectivity index is 2.30. The number of benzene rings is 1. The number of para-hydroxylation sites is 1. The molecule has 1 fully saturated rings. The lowest BCUT2D eigenvalue weighted by molar-refractivity contribution is 0.00823. The summed E-state index contributed by atoms with van der Waals surface area (Å²) in [6.07, 6.45) is 1.89. The molecule has 1 aromatic carbocycles. The molecular weight excluding hydrogens is 238 g/mol. The Morgan fingerprint density at radius 3 is 2.47 bits per heavy atom. The van der Waals surface area contributed by atoms with Crippen molar-refractivity contribution in [2.45, 2.75) is 23.8 Å². The van der Waals surface area contributed by atoms with Crippen LogP contribution in [0.15, 0.2) is 29.2 Å². The van der Waals surface area contributed by atoms with E-state index in [1.165, 1.54) is 6.26 Å². The lowest BCUT2D eigenvalue weighted by atomic mass is 9.91. The standard InChI is InChI=1S/C12H17NO3S/c1-3-12(14)8-13(9-12)10-6-4-5-7-11(10)17(2,15)16/h4-7,14H,3,8-9H2,1-2H3. The van der Waals surface area contributed by atoms with Gasteiger partial charge in [0.25, 0.3) is 0 Å². The first kappa shape index (κ1) is 12.4. The maximum atomic E-state index is 11.6. The van der Waals surface area contributed by atoms with Crippen LogP contribution in [0.3, 0.4) is 0 Å². The summed E-state index contributed by atoms with van der Waals surface area (Å²) in [5.74, 6) is 0. The predicted octanol–water partition coefficient (Wildman–Crippen LogP) is 1.05. The van der Waals surface area contributed by atoms with Gasteiger partial charge in [-0.3, -0.25) is 0 Å². The molecule has 94 valence electrons. The summed E-state index contributed by atoms with van der Waals surface area (Å²) in [5.41, 5.74) is 0.0260. The summed E-state index contributed by atoms with van der Waals surface area (Å²) in [6.45, 7) is 2.92. The molecule has 0 aromatic heterocycles. The fourth-order valence-electron chi connectivity index (χ4n) is 2.09. The van der Waals surface area contributed by atoms with E-state index >= 15 is 0 Å². The molecule has 1 heterocycles. The highest BCUT2D eigenvalue weighted by Gasteiger charge is 2.40. The molecule has 0 aliphatic carbocycles. The Hall–Kier alpha value is -1.07. The number of β-amino-alcohol motifs (C(OH)–C–C–N with tert-alkyl or cyclic N) is 1. The van der Waals surface area contributed by atoms with Gasteiger partial charge < -0.3 is 10.0 Å². The molecule has 2 rings (SSSR count). The average Bonchev–Trinajstić information content (AvgIpc) is 2.23. The molecule has 0 bridgehead atoms. The highest BCUT2D eigenvalue weighted by atomic mass is 32.2. The minimum atomic E-state index is -3.22. The summed E-state index contributed by atoms with van der Waals surface area (Å²) in [6, 6.07) is 6.92. The molecule has 0 amide bonds. The van der Waals surface area contributed by atoms with Gasteiger partial charge in [-0.15, -0.1) is 0 Å². The summed E-state index contributed by atoms with van der Waals surface area (Å²) in [4.78, 5) is 2.23. The van der Waals surface area contributed by atoms with Crippen molar-refractivity contribution >= 4 is 15.5 Å². The first-order valence-corrected chi connectivity index (χ1v) is 7.51. The van der Waals surface area contributed by atoms with Gasteiger partial charge >= 0.3 is 0 Å². The highest BCUT2D eigenvalue weighted by Crippen LogP contribution is 2.33. The minimum Gasteiger partial charge on any atom is -0.386 e. The Kier molecular flexibility index (Phi) is 2.91. The van der Waals surface area contributed by atoms with Crippen LogP contribution in [-0.2, 0) is 9.84 Å². The summed E-state index contributed by atoms with van der Waals surface area (Å²) < 4.78 is 23.3. The molecule has 0 unspecified atom stereocenters. The Morgan fingerprint density at radius 1 is 1.35 bits per heavy atom. The van der Waals surface area contributed by atoms with Gasteiger partial charge in [0.05, 0.1) is 16.2 Å². The quantitative estimate of drug-likeness (QED) is 0.877. The van der Waals surface area contributed by atoms with E-state index in [1.807, 2.05) is 17.9 Å². The van der Waals surface area contributed by atoms with Crippen LogP contribution in [0.4, 0.5) is 5.69 Å². The SMILES string of the molecule is CCC1(O)CN(c2ccccc2S(C)(=O)=O)C1. The van der Waals surface area contributed by atoms with Gasteiger partial charge in [0.1, 0.15) is 0 Å².